The van der Waals surface area contributed by atoms with Crippen molar-refractivity contribution in [1.29, 1.82) is 0 Å². The third-order valence-electron chi connectivity index (χ3n) is 12.9. The molecule has 5 aromatic carbocycles. The van der Waals surface area contributed by atoms with E-state index in [-0.39, 0.29) is 61.9 Å². The van der Waals surface area contributed by atoms with Crippen molar-refractivity contribution in [2.75, 3.05) is 0 Å². The highest BCUT2D eigenvalue weighted by Crippen LogP contribution is 2.45. The Balaban J connectivity index is 1.13. The maximum atomic E-state index is 9.41. The number of nitrogens with zero attached hydrogens (tertiary/aromatic N) is 3. The fourth-order valence-corrected chi connectivity index (χ4v) is 9.04. The van der Waals surface area contributed by atoms with Gasteiger partial charge in [-0.15, -0.1) is 0 Å². The number of benzene rings is 5. The first kappa shape index (κ1) is 27.5. The van der Waals surface area contributed by atoms with Gasteiger partial charge in [-0.2, -0.15) is 0 Å². The predicted molar refractivity (Wildman–Crippen MR) is 269 cm³/mol. The van der Waals surface area contributed by atoms with Crippen LogP contribution in [-0.4, -0.2) is 15.0 Å². The zero-order chi connectivity index (χ0) is 58.6. The maximum Gasteiger partial charge on any atom is 0.227 e. The number of aromatic nitrogens is 3. The third-order valence-corrected chi connectivity index (χ3v) is 12.9. The highest BCUT2D eigenvalue weighted by atomic mass is 16.5. The fraction of sp³-hybridized carbons (Fsp3) is 0.250. The summed E-state index contributed by atoms with van der Waals surface area (Å²) in [5.74, 6) is -0.948. The number of furan rings is 1. The summed E-state index contributed by atoms with van der Waals surface area (Å²) in [6, 6.07) is 32.1. The van der Waals surface area contributed by atoms with Crippen molar-refractivity contribution in [2.24, 2.45) is 5.41 Å². The smallest absolute Gasteiger partial charge is 0.227 e. The summed E-state index contributed by atoms with van der Waals surface area (Å²) in [6.45, 7) is -5.25. The quantitative estimate of drug-likeness (QED) is 0.152. The van der Waals surface area contributed by atoms with E-state index in [4.69, 9.17) is 34.7 Å². The Morgan fingerprint density at radius 2 is 1.40 bits per heavy atom. The zero-order valence-corrected chi connectivity index (χ0v) is 36.6. The Kier molecular flexibility index (Phi) is 7.02. The van der Waals surface area contributed by atoms with Crippen LogP contribution < -0.4 is 4.74 Å². The van der Waals surface area contributed by atoms with Gasteiger partial charge in [-0.05, 0) is 206 Å². The molecule has 0 atom stereocenters. The van der Waals surface area contributed by atoms with Crippen molar-refractivity contribution >= 4 is 22.1 Å². The predicted octanol–water partition coefficient (Wildman–Crippen LogP) is 16.7. The highest BCUT2D eigenvalue weighted by Gasteiger charge is 2.28. The number of ether oxygens (including phenoxy) is 1. The summed E-state index contributed by atoms with van der Waals surface area (Å²) in [5, 5.41) is 0.837. The average Bonchev–Trinajstić information content (AvgIpc) is 4.00. The summed E-state index contributed by atoms with van der Waals surface area (Å²) in [4.78, 5) is 13.7. The van der Waals surface area contributed by atoms with Crippen LogP contribution in [0, 0.1) is 53.5 Å². The normalized spacial score (nSPS) is 19.1. The van der Waals surface area contributed by atoms with Crippen LogP contribution in [0.1, 0.15) is 112 Å². The van der Waals surface area contributed by atoms with Gasteiger partial charge in [0.15, 0.2) is 0 Å². The molecule has 324 valence electrons. The summed E-state index contributed by atoms with van der Waals surface area (Å²) in [5.41, 5.74) is 6.13. The van der Waals surface area contributed by atoms with E-state index in [1.807, 2.05) is 50.2 Å². The lowest BCUT2D eigenvalue weighted by atomic mass is 9.71. The molecule has 4 aromatic heterocycles. The number of pyridine rings is 3. The number of aryl methyl sites for hydroxylation is 6. The Bertz CT molecular complexity index is 3920. The summed E-state index contributed by atoms with van der Waals surface area (Å²) in [7, 11) is 0. The molecule has 5 heteroatoms. The van der Waals surface area contributed by atoms with Crippen LogP contribution in [0.3, 0.4) is 0 Å². The van der Waals surface area contributed by atoms with Crippen LogP contribution in [0.2, 0.25) is 0 Å². The molecule has 0 saturated heterocycles. The Labute approximate surface area is 406 Å². The molecule has 0 unspecified atom stereocenters. The second kappa shape index (κ2) is 16.6. The molecule has 4 heterocycles. The standard InChI is InChI=1S/C60H57N3O2/c1-35-27-55(61-33-38(35)4)46-28-52(43-13-11-10-12-14-43)41(7)57(29-46)64-47-30-53-50-18-15-40(6)63-59(50)65-58(53)54(31-47)56-32-51(39(5)34-62-56)49-20-17-45(26-37(49)3)48-19-16-44(25-36(48)2)42-21-23-60(8,9)24-22-42/h10-20,25-34,42H,21-24H2,1-9H3/i1D3,2D3,4D3,6D3,7D3,42D. The van der Waals surface area contributed by atoms with Gasteiger partial charge >= 0.3 is 0 Å². The van der Waals surface area contributed by atoms with Gasteiger partial charge in [-0.1, -0.05) is 80.6 Å². The van der Waals surface area contributed by atoms with Crippen LogP contribution in [0.5, 0.6) is 11.5 Å². The molecule has 0 amide bonds. The lowest BCUT2D eigenvalue weighted by Gasteiger charge is -2.34. The fourth-order valence-electron chi connectivity index (χ4n) is 9.04. The molecule has 0 aliphatic heterocycles. The molecule has 0 spiro atoms. The van der Waals surface area contributed by atoms with E-state index in [1.165, 1.54) is 18.2 Å². The molecule has 1 saturated carbocycles. The lowest BCUT2D eigenvalue weighted by Crippen LogP contribution is -2.20. The molecule has 65 heavy (non-hydrogen) atoms. The molecule has 0 bridgehead atoms. The number of hydrogen-bond donors (Lipinski definition) is 0. The SMILES string of the molecule is [2H]C([2H])([2H])c1ccc2c(n1)oc1c(-c3cc(-c4ccc(-c5ccc(C6([2H])CCC(C)(C)CC6)cc5C([2H])([2H])[2H])cc4C)c(C)cn3)cc(Oc3cc(-c4cc(C([2H])([2H])[2H])c(C([2H])([2H])[2H])cn4)cc(-c4ccccc4)c3C([2H])([2H])[2H])cc12. The molecule has 0 N–H and O–H groups in total. The van der Waals surface area contributed by atoms with Gasteiger partial charge in [0.1, 0.15) is 17.1 Å². The van der Waals surface area contributed by atoms with Gasteiger partial charge in [0.05, 0.1) is 11.4 Å². The van der Waals surface area contributed by atoms with Crippen LogP contribution in [-0.2, 0) is 0 Å². The van der Waals surface area contributed by atoms with Crippen molar-refractivity contribution in [3.05, 3.63) is 172 Å². The Morgan fingerprint density at radius 3 is 2.18 bits per heavy atom. The minimum absolute atomic E-state index is 0.00835. The summed E-state index contributed by atoms with van der Waals surface area (Å²) < 4.78 is 149. The van der Waals surface area contributed by atoms with E-state index >= 15 is 0 Å². The molecular weight excluding hydrogens is 795 g/mol. The molecule has 0 radical (unpaired) electrons. The van der Waals surface area contributed by atoms with Crippen LogP contribution in [0.15, 0.2) is 132 Å². The van der Waals surface area contributed by atoms with Crippen LogP contribution in [0.25, 0.3) is 78.0 Å². The molecule has 5 nitrogen and oxygen atoms in total. The van der Waals surface area contributed by atoms with Crippen molar-refractivity contribution < 1.29 is 31.1 Å². The van der Waals surface area contributed by atoms with Gasteiger partial charge in [0.25, 0.3) is 0 Å². The van der Waals surface area contributed by atoms with E-state index in [0.717, 1.165) is 41.3 Å². The van der Waals surface area contributed by atoms with Crippen molar-refractivity contribution in [2.45, 2.75) is 93.5 Å². The van der Waals surface area contributed by atoms with E-state index in [2.05, 4.69) is 23.8 Å². The van der Waals surface area contributed by atoms with Crippen molar-refractivity contribution in [3.63, 3.8) is 0 Å². The molecule has 1 fully saturated rings. The number of rotatable bonds is 8. The average molecular weight is 868 g/mol. The lowest BCUT2D eigenvalue weighted by molar-refractivity contribution is 0.224. The largest absolute Gasteiger partial charge is 0.457 e. The molecule has 10 rings (SSSR count). The second-order valence-corrected chi connectivity index (χ2v) is 17.9. The van der Waals surface area contributed by atoms with E-state index in [0.29, 0.717) is 57.1 Å². The third kappa shape index (κ3) is 8.14. The van der Waals surface area contributed by atoms with Gasteiger partial charge in [-0.25, -0.2) is 4.98 Å². The minimum atomic E-state index is -2.86. The Morgan fingerprint density at radius 1 is 0.600 bits per heavy atom. The molecular formula is C60H57N3O2. The van der Waals surface area contributed by atoms with Gasteiger partial charge in [0.2, 0.25) is 5.71 Å². The molecule has 9 aromatic rings. The monoisotopic (exact) mass is 868 g/mol. The second-order valence-electron chi connectivity index (χ2n) is 17.9. The highest BCUT2D eigenvalue weighted by molar-refractivity contribution is 6.09. The Hall–Kier alpha value is -6.85. The van der Waals surface area contributed by atoms with Crippen LogP contribution in [0.4, 0.5) is 0 Å². The first-order valence-electron chi connectivity index (χ1n) is 29.7. The van der Waals surface area contributed by atoms with Crippen molar-refractivity contribution in [3.8, 4) is 67.4 Å². The van der Waals surface area contributed by atoms with Gasteiger partial charge in [-0.3, -0.25) is 9.97 Å². The molecule has 1 aliphatic rings. The van der Waals surface area contributed by atoms with Crippen molar-refractivity contribution in [1.82, 2.24) is 15.0 Å². The number of hydrogen-bond acceptors (Lipinski definition) is 5. The first-order chi connectivity index (χ1) is 37.7. The number of fused-ring (bicyclic) bond motifs is 3. The van der Waals surface area contributed by atoms with Gasteiger partial charge in [0, 0.05) is 61.9 Å². The maximum absolute atomic E-state index is 9.41. The van der Waals surface area contributed by atoms with Crippen LogP contribution >= 0.6 is 0 Å². The van der Waals surface area contributed by atoms with E-state index < -0.39 is 51.3 Å². The first-order valence-corrected chi connectivity index (χ1v) is 21.7. The molecule has 1 aliphatic carbocycles. The summed E-state index contributed by atoms with van der Waals surface area (Å²) in [6.07, 6.45) is 5.72. The van der Waals surface area contributed by atoms with E-state index in [9.17, 15) is 1.37 Å². The van der Waals surface area contributed by atoms with Gasteiger partial charge < -0.3 is 9.15 Å². The van der Waals surface area contributed by atoms with E-state index in [1.54, 1.807) is 66.9 Å². The minimum Gasteiger partial charge on any atom is -0.457 e. The topological polar surface area (TPSA) is 61.0 Å². The zero-order valence-electron chi connectivity index (χ0n) is 52.6. The summed E-state index contributed by atoms with van der Waals surface area (Å²) >= 11 is 0.